The van der Waals surface area contributed by atoms with E-state index in [0.29, 0.717) is 30.1 Å². The van der Waals surface area contributed by atoms with E-state index in [1.165, 1.54) is 0 Å². The van der Waals surface area contributed by atoms with Crippen LogP contribution in [-0.4, -0.2) is 21.0 Å². The number of nitrogens with zero attached hydrogens (tertiary/aromatic N) is 2. The molecule has 1 N–H and O–H groups in total. The lowest BCUT2D eigenvalue weighted by Gasteiger charge is -2.08. The Bertz CT molecular complexity index is 614. The average molecular weight is 244 g/mol. The second kappa shape index (κ2) is 3.66. The Morgan fingerprint density at radius 1 is 1.39 bits per heavy atom. The number of hydrogen-bond donors (Lipinski definition) is 1. The summed E-state index contributed by atoms with van der Waals surface area (Å²) in [5.41, 5.74) is -0.252. The van der Waals surface area contributed by atoms with Crippen molar-refractivity contribution in [2.45, 2.75) is 25.2 Å². The molecule has 5 heteroatoms. The number of aromatic nitrogens is 2. The zero-order valence-corrected chi connectivity index (χ0v) is 9.88. The molecule has 0 amide bonds. The maximum atomic E-state index is 11.2. The lowest BCUT2D eigenvalue weighted by molar-refractivity contribution is -0.140. The van der Waals surface area contributed by atoms with Gasteiger partial charge < -0.3 is 9.52 Å². The van der Waals surface area contributed by atoms with Crippen molar-refractivity contribution in [2.24, 2.45) is 0 Å². The largest absolute Gasteiger partial charge is 0.480 e. The van der Waals surface area contributed by atoms with Crippen molar-refractivity contribution in [2.75, 3.05) is 0 Å². The van der Waals surface area contributed by atoms with Gasteiger partial charge in [-0.15, -0.1) is 0 Å². The van der Waals surface area contributed by atoms with Crippen LogP contribution in [0.3, 0.4) is 0 Å². The molecule has 0 atom stereocenters. The van der Waals surface area contributed by atoms with Crippen LogP contribution in [0.25, 0.3) is 11.5 Å². The van der Waals surface area contributed by atoms with Gasteiger partial charge in [-0.2, -0.15) is 0 Å². The first-order chi connectivity index (χ1) is 8.62. The molecular formula is C13H12N2O3. The molecular weight excluding hydrogens is 232 g/mol. The Morgan fingerprint density at radius 3 is 2.72 bits per heavy atom. The van der Waals surface area contributed by atoms with Crippen molar-refractivity contribution in [3.63, 3.8) is 0 Å². The van der Waals surface area contributed by atoms with E-state index in [0.717, 1.165) is 5.76 Å². The first-order valence-corrected chi connectivity index (χ1v) is 5.75. The third kappa shape index (κ3) is 1.59. The quantitative estimate of drug-likeness (QED) is 0.895. The molecule has 0 aliphatic heterocycles. The monoisotopic (exact) mass is 244 g/mol. The number of carboxylic acid groups (broad SMARTS) is 1. The number of aliphatic carboxylic acids is 1. The lowest BCUT2D eigenvalue weighted by Crippen LogP contribution is -2.22. The predicted octanol–water partition coefficient (Wildman–Crippen LogP) is 2.16. The molecule has 1 aliphatic rings. The molecule has 1 aliphatic carbocycles. The zero-order valence-electron chi connectivity index (χ0n) is 9.88. The van der Waals surface area contributed by atoms with Crippen LogP contribution in [0.15, 0.2) is 28.8 Å². The fourth-order valence-corrected chi connectivity index (χ4v) is 1.96. The van der Waals surface area contributed by atoms with E-state index in [9.17, 15) is 9.90 Å². The molecule has 3 rings (SSSR count). The average Bonchev–Trinajstić information content (AvgIpc) is 3.07. The van der Waals surface area contributed by atoms with Crippen LogP contribution >= 0.6 is 0 Å². The number of furan rings is 1. The van der Waals surface area contributed by atoms with Crippen LogP contribution in [-0.2, 0) is 10.2 Å². The Balaban J connectivity index is 2.02. The highest BCUT2D eigenvalue weighted by molar-refractivity contribution is 5.83. The van der Waals surface area contributed by atoms with Gasteiger partial charge in [-0.3, -0.25) is 4.79 Å². The predicted molar refractivity (Wildman–Crippen MR) is 63.0 cm³/mol. The molecule has 0 unspecified atom stereocenters. The summed E-state index contributed by atoms with van der Waals surface area (Å²) in [4.78, 5) is 19.7. The van der Waals surface area contributed by atoms with Gasteiger partial charge in [0, 0.05) is 6.20 Å². The van der Waals surface area contributed by atoms with E-state index in [-0.39, 0.29) is 0 Å². The summed E-state index contributed by atoms with van der Waals surface area (Å²) in [5, 5.41) is 9.22. The van der Waals surface area contributed by atoms with Crippen molar-refractivity contribution in [1.82, 2.24) is 9.97 Å². The summed E-state index contributed by atoms with van der Waals surface area (Å²) in [7, 11) is 0. The molecule has 1 fully saturated rings. The Labute approximate surface area is 103 Å². The van der Waals surface area contributed by atoms with Crippen LogP contribution in [0.1, 0.15) is 24.4 Å². The standard InChI is InChI=1S/C13H12N2O3/c1-8-2-3-10(18-8)9-4-7-14-11(15-9)13(5-6-13)12(16)17/h2-4,7H,5-6H2,1H3,(H,16,17). The molecule has 0 bridgehead atoms. The van der Waals surface area contributed by atoms with Crippen LogP contribution < -0.4 is 0 Å². The number of carboxylic acids is 1. The van der Waals surface area contributed by atoms with Crippen LogP contribution in [0.2, 0.25) is 0 Å². The van der Waals surface area contributed by atoms with Crippen LogP contribution in [0.4, 0.5) is 0 Å². The first-order valence-electron chi connectivity index (χ1n) is 5.75. The molecule has 2 aromatic heterocycles. The van der Waals surface area contributed by atoms with E-state index < -0.39 is 11.4 Å². The summed E-state index contributed by atoms with van der Waals surface area (Å²) >= 11 is 0. The maximum Gasteiger partial charge on any atom is 0.317 e. The Morgan fingerprint density at radius 2 is 2.17 bits per heavy atom. The molecule has 1 saturated carbocycles. The van der Waals surface area contributed by atoms with Crippen molar-refractivity contribution < 1.29 is 14.3 Å². The minimum Gasteiger partial charge on any atom is -0.480 e. The van der Waals surface area contributed by atoms with Gasteiger partial charge in [-0.25, -0.2) is 9.97 Å². The fourth-order valence-electron chi connectivity index (χ4n) is 1.96. The Kier molecular flexibility index (Phi) is 2.23. The lowest BCUT2D eigenvalue weighted by atomic mass is 10.1. The normalized spacial score (nSPS) is 16.5. The van der Waals surface area contributed by atoms with Gasteiger partial charge in [0.25, 0.3) is 0 Å². The molecule has 92 valence electrons. The maximum absolute atomic E-state index is 11.2. The minimum absolute atomic E-state index is 0.376. The molecule has 0 saturated heterocycles. The molecule has 2 aromatic rings. The second-order valence-corrected chi connectivity index (χ2v) is 4.56. The molecule has 0 aromatic carbocycles. The number of rotatable bonds is 3. The van der Waals surface area contributed by atoms with Gasteiger partial charge in [0.15, 0.2) is 5.76 Å². The van der Waals surface area contributed by atoms with E-state index >= 15 is 0 Å². The molecule has 5 nitrogen and oxygen atoms in total. The van der Waals surface area contributed by atoms with Gasteiger partial charge in [0.05, 0.1) is 0 Å². The minimum atomic E-state index is -0.877. The molecule has 2 heterocycles. The van der Waals surface area contributed by atoms with E-state index in [1.807, 2.05) is 19.1 Å². The van der Waals surface area contributed by atoms with Crippen LogP contribution in [0, 0.1) is 6.92 Å². The van der Waals surface area contributed by atoms with E-state index in [4.69, 9.17) is 4.42 Å². The van der Waals surface area contributed by atoms with Crippen molar-refractivity contribution in [3.05, 3.63) is 36.0 Å². The van der Waals surface area contributed by atoms with Gasteiger partial charge in [-0.1, -0.05) is 0 Å². The van der Waals surface area contributed by atoms with E-state index in [1.54, 1.807) is 12.3 Å². The topological polar surface area (TPSA) is 76.2 Å². The van der Waals surface area contributed by atoms with Crippen LogP contribution in [0.5, 0.6) is 0 Å². The number of hydrogen-bond acceptors (Lipinski definition) is 4. The van der Waals surface area contributed by atoms with E-state index in [2.05, 4.69) is 9.97 Å². The smallest absolute Gasteiger partial charge is 0.317 e. The van der Waals surface area contributed by atoms with Gasteiger partial charge in [-0.05, 0) is 38.0 Å². The molecule has 0 radical (unpaired) electrons. The van der Waals surface area contributed by atoms with Crippen molar-refractivity contribution in [1.29, 1.82) is 0 Å². The van der Waals surface area contributed by atoms with Gasteiger partial charge >= 0.3 is 5.97 Å². The summed E-state index contributed by atoms with van der Waals surface area (Å²) in [6, 6.07) is 5.39. The highest BCUT2D eigenvalue weighted by Gasteiger charge is 2.54. The summed E-state index contributed by atoms with van der Waals surface area (Å²) in [6.07, 6.45) is 2.78. The Hall–Kier alpha value is -2.17. The number of carbonyl (C=O) groups is 1. The van der Waals surface area contributed by atoms with Gasteiger partial charge in [0.1, 0.15) is 22.7 Å². The highest BCUT2D eigenvalue weighted by atomic mass is 16.4. The van der Waals surface area contributed by atoms with Crippen molar-refractivity contribution in [3.8, 4) is 11.5 Å². The van der Waals surface area contributed by atoms with Crippen molar-refractivity contribution >= 4 is 5.97 Å². The summed E-state index contributed by atoms with van der Waals surface area (Å²) in [6.45, 7) is 1.85. The van der Waals surface area contributed by atoms with Gasteiger partial charge in [0.2, 0.25) is 0 Å². The molecule has 0 spiro atoms. The molecule has 18 heavy (non-hydrogen) atoms. The fraction of sp³-hybridized carbons (Fsp3) is 0.308. The SMILES string of the molecule is Cc1ccc(-c2ccnc(C3(C(=O)O)CC3)n2)o1. The summed E-state index contributed by atoms with van der Waals surface area (Å²) < 4.78 is 5.48. The third-order valence-corrected chi connectivity index (χ3v) is 3.24. The first kappa shape index (κ1) is 11.0. The highest BCUT2D eigenvalue weighted by Crippen LogP contribution is 2.47. The second-order valence-electron chi connectivity index (χ2n) is 4.56. The third-order valence-electron chi connectivity index (χ3n) is 3.24. The number of aryl methyl sites for hydroxylation is 1. The summed E-state index contributed by atoms with van der Waals surface area (Å²) in [5.74, 6) is 0.957. The zero-order chi connectivity index (χ0) is 12.8.